The lowest BCUT2D eigenvalue weighted by Crippen LogP contribution is -2.15. The fourth-order valence-electron chi connectivity index (χ4n) is 1.74. The van der Waals surface area contributed by atoms with Crippen LogP contribution in [0.3, 0.4) is 0 Å². The standard InChI is InChI=1S/C14H11BrF2N2O/c1-18-13-9(3-2-4-11(13)16)14(20)19-8-5-6-10(15)12(17)7-8/h2-7,18H,1H3,(H,19,20). The zero-order chi connectivity index (χ0) is 14.7. The van der Waals surface area contributed by atoms with Gasteiger partial charge in [0.25, 0.3) is 5.91 Å². The van der Waals surface area contributed by atoms with Crippen molar-refractivity contribution in [1.29, 1.82) is 0 Å². The molecule has 0 aromatic heterocycles. The highest BCUT2D eigenvalue weighted by Gasteiger charge is 2.14. The molecule has 0 bridgehead atoms. The largest absolute Gasteiger partial charge is 0.385 e. The summed E-state index contributed by atoms with van der Waals surface area (Å²) in [5, 5.41) is 5.16. The molecule has 0 unspecified atom stereocenters. The van der Waals surface area contributed by atoms with Gasteiger partial charge in [-0.1, -0.05) is 6.07 Å². The predicted molar refractivity (Wildman–Crippen MR) is 78.0 cm³/mol. The summed E-state index contributed by atoms with van der Waals surface area (Å²) in [4.78, 5) is 12.1. The molecule has 0 saturated heterocycles. The van der Waals surface area contributed by atoms with Crippen LogP contribution < -0.4 is 10.6 Å². The second-order valence-electron chi connectivity index (χ2n) is 4.00. The molecule has 1 amide bonds. The van der Waals surface area contributed by atoms with E-state index in [-0.39, 0.29) is 11.3 Å². The van der Waals surface area contributed by atoms with E-state index in [2.05, 4.69) is 26.6 Å². The molecular weight excluding hydrogens is 330 g/mol. The van der Waals surface area contributed by atoms with Crippen molar-refractivity contribution in [3.05, 3.63) is 58.1 Å². The van der Waals surface area contributed by atoms with Gasteiger partial charge in [0, 0.05) is 12.7 Å². The molecule has 0 atom stereocenters. The topological polar surface area (TPSA) is 41.1 Å². The van der Waals surface area contributed by atoms with Crippen LogP contribution in [0, 0.1) is 11.6 Å². The van der Waals surface area contributed by atoms with E-state index in [4.69, 9.17) is 0 Å². The van der Waals surface area contributed by atoms with Crippen molar-refractivity contribution in [2.75, 3.05) is 17.7 Å². The highest BCUT2D eigenvalue weighted by molar-refractivity contribution is 9.10. The summed E-state index contributed by atoms with van der Waals surface area (Å²) in [5.74, 6) is -1.53. The van der Waals surface area contributed by atoms with Crippen molar-refractivity contribution in [1.82, 2.24) is 0 Å². The molecule has 0 radical (unpaired) electrons. The molecule has 0 saturated carbocycles. The Morgan fingerprint density at radius 1 is 1.15 bits per heavy atom. The first-order chi connectivity index (χ1) is 9.52. The van der Waals surface area contributed by atoms with Crippen molar-refractivity contribution in [3.63, 3.8) is 0 Å². The SMILES string of the molecule is CNc1c(F)cccc1C(=O)Nc1ccc(Br)c(F)c1. The Morgan fingerprint density at radius 2 is 1.90 bits per heavy atom. The van der Waals surface area contributed by atoms with Gasteiger partial charge in [-0.25, -0.2) is 8.78 Å². The van der Waals surface area contributed by atoms with Crippen LogP contribution in [0.25, 0.3) is 0 Å². The maximum Gasteiger partial charge on any atom is 0.257 e. The summed E-state index contributed by atoms with van der Waals surface area (Å²) in [7, 11) is 1.52. The van der Waals surface area contributed by atoms with Crippen LogP contribution in [0.2, 0.25) is 0 Å². The molecular formula is C14H11BrF2N2O. The zero-order valence-electron chi connectivity index (χ0n) is 10.5. The third-order valence-electron chi connectivity index (χ3n) is 2.69. The first-order valence-corrected chi connectivity index (χ1v) is 6.55. The van der Waals surface area contributed by atoms with Crippen molar-refractivity contribution in [2.24, 2.45) is 0 Å². The Labute approximate surface area is 123 Å². The molecule has 0 spiro atoms. The van der Waals surface area contributed by atoms with Crippen LogP contribution >= 0.6 is 15.9 Å². The van der Waals surface area contributed by atoms with Crippen LogP contribution in [-0.2, 0) is 0 Å². The molecule has 104 valence electrons. The maximum atomic E-state index is 13.6. The van der Waals surface area contributed by atoms with Gasteiger partial charge in [-0.2, -0.15) is 0 Å². The maximum absolute atomic E-state index is 13.6. The van der Waals surface area contributed by atoms with E-state index in [0.717, 1.165) is 0 Å². The fourth-order valence-corrected chi connectivity index (χ4v) is 1.99. The summed E-state index contributed by atoms with van der Waals surface area (Å²) < 4.78 is 27.2. The summed E-state index contributed by atoms with van der Waals surface area (Å²) in [6.45, 7) is 0. The van der Waals surface area contributed by atoms with Crippen LogP contribution in [0.1, 0.15) is 10.4 Å². The first kappa shape index (κ1) is 14.5. The Hall–Kier alpha value is -1.95. The lowest BCUT2D eigenvalue weighted by molar-refractivity contribution is 0.102. The number of amides is 1. The van der Waals surface area contributed by atoms with Gasteiger partial charge in [-0.05, 0) is 46.3 Å². The van der Waals surface area contributed by atoms with E-state index in [1.165, 1.54) is 37.4 Å². The monoisotopic (exact) mass is 340 g/mol. The van der Waals surface area contributed by atoms with Crippen LogP contribution in [0.5, 0.6) is 0 Å². The Morgan fingerprint density at radius 3 is 2.55 bits per heavy atom. The van der Waals surface area contributed by atoms with Gasteiger partial charge < -0.3 is 10.6 Å². The van der Waals surface area contributed by atoms with E-state index >= 15 is 0 Å². The lowest BCUT2D eigenvalue weighted by atomic mass is 10.1. The van der Waals surface area contributed by atoms with Gasteiger partial charge in [0.05, 0.1) is 15.7 Å². The zero-order valence-corrected chi connectivity index (χ0v) is 12.1. The fraction of sp³-hybridized carbons (Fsp3) is 0.0714. The van der Waals surface area contributed by atoms with Gasteiger partial charge in [-0.15, -0.1) is 0 Å². The number of para-hydroxylation sites is 1. The molecule has 0 heterocycles. The number of rotatable bonds is 3. The summed E-state index contributed by atoms with van der Waals surface area (Å²) in [6.07, 6.45) is 0. The van der Waals surface area contributed by atoms with Crippen LogP contribution in [-0.4, -0.2) is 13.0 Å². The molecule has 0 aliphatic heterocycles. The van der Waals surface area contributed by atoms with Crippen molar-refractivity contribution in [3.8, 4) is 0 Å². The summed E-state index contributed by atoms with van der Waals surface area (Å²) >= 11 is 3.03. The number of carbonyl (C=O) groups excluding carboxylic acids is 1. The van der Waals surface area contributed by atoms with E-state index in [0.29, 0.717) is 10.2 Å². The van der Waals surface area contributed by atoms with Crippen molar-refractivity contribution in [2.45, 2.75) is 0 Å². The molecule has 3 nitrogen and oxygen atoms in total. The molecule has 6 heteroatoms. The highest BCUT2D eigenvalue weighted by Crippen LogP contribution is 2.23. The second kappa shape index (κ2) is 6.00. The number of hydrogen-bond acceptors (Lipinski definition) is 2. The summed E-state index contributed by atoms with van der Waals surface area (Å²) in [5.41, 5.74) is 0.542. The van der Waals surface area contributed by atoms with Gasteiger partial charge in [0.2, 0.25) is 0 Å². The molecule has 2 aromatic rings. The quantitative estimate of drug-likeness (QED) is 0.885. The van der Waals surface area contributed by atoms with Gasteiger partial charge in [0.1, 0.15) is 11.6 Å². The Kier molecular flexibility index (Phi) is 4.34. The highest BCUT2D eigenvalue weighted by atomic mass is 79.9. The minimum Gasteiger partial charge on any atom is -0.385 e. The molecule has 2 rings (SSSR count). The normalized spacial score (nSPS) is 10.2. The van der Waals surface area contributed by atoms with Crippen molar-refractivity contribution >= 4 is 33.2 Å². The average molecular weight is 341 g/mol. The minimum absolute atomic E-state index is 0.0996. The smallest absolute Gasteiger partial charge is 0.257 e. The van der Waals surface area contributed by atoms with E-state index in [1.807, 2.05) is 0 Å². The van der Waals surface area contributed by atoms with Gasteiger partial charge >= 0.3 is 0 Å². The third kappa shape index (κ3) is 2.96. The Balaban J connectivity index is 2.28. The minimum atomic E-state index is -0.526. The molecule has 0 aliphatic rings. The molecule has 0 aliphatic carbocycles. The van der Waals surface area contributed by atoms with Crippen molar-refractivity contribution < 1.29 is 13.6 Å². The van der Waals surface area contributed by atoms with E-state index in [9.17, 15) is 13.6 Å². The number of benzene rings is 2. The Bertz CT molecular complexity index is 662. The number of nitrogens with one attached hydrogen (secondary N) is 2. The van der Waals surface area contributed by atoms with Gasteiger partial charge in [0.15, 0.2) is 0 Å². The number of halogens is 3. The van der Waals surface area contributed by atoms with Crippen LogP contribution in [0.15, 0.2) is 40.9 Å². The number of carbonyl (C=O) groups is 1. The predicted octanol–water partition coefficient (Wildman–Crippen LogP) is 4.02. The first-order valence-electron chi connectivity index (χ1n) is 5.75. The number of anilines is 2. The van der Waals surface area contributed by atoms with E-state index < -0.39 is 17.5 Å². The molecule has 2 N–H and O–H groups in total. The van der Waals surface area contributed by atoms with Crippen LogP contribution in [0.4, 0.5) is 20.2 Å². The molecule has 2 aromatic carbocycles. The van der Waals surface area contributed by atoms with Gasteiger partial charge in [-0.3, -0.25) is 4.79 Å². The molecule has 20 heavy (non-hydrogen) atoms. The average Bonchev–Trinajstić information content (AvgIpc) is 2.42. The third-order valence-corrected chi connectivity index (χ3v) is 3.33. The molecule has 0 fully saturated rings. The number of hydrogen-bond donors (Lipinski definition) is 2. The summed E-state index contributed by atoms with van der Waals surface area (Å²) in [6, 6.07) is 8.38. The van der Waals surface area contributed by atoms with E-state index in [1.54, 1.807) is 6.07 Å². The lowest BCUT2D eigenvalue weighted by Gasteiger charge is -2.11. The second-order valence-corrected chi connectivity index (χ2v) is 4.85.